The van der Waals surface area contributed by atoms with E-state index < -0.39 is 23.4 Å². The summed E-state index contributed by atoms with van der Waals surface area (Å²) in [5.74, 6) is -4.83. The lowest BCUT2D eigenvalue weighted by Crippen LogP contribution is -2.49. The average Bonchev–Trinajstić information content (AvgIpc) is 2.44. The molecule has 1 N–H and O–H groups in total. The van der Waals surface area contributed by atoms with Gasteiger partial charge in [-0.15, -0.1) is 0 Å². The van der Waals surface area contributed by atoms with E-state index in [-0.39, 0.29) is 12.2 Å². The summed E-state index contributed by atoms with van der Waals surface area (Å²) < 4.78 is 39.1. The molecule has 1 aromatic rings. The fourth-order valence-corrected chi connectivity index (χ4v) is 2.18. The molecule has 0 aliphatic carbocycles. The number of carbonyl (C=O) groups excluding carboxylic acids is 1. The molecule has 1 fully saturated rings. The van der Waals surface area contributed by atoms with Gasteiger partial charge in [0.25, 0.3) is 5.91 Å². The number of aliphatic hydroxyl groups is 1. The van der Waals surface area contributed by atoms with Gasteiger partial charge in [0, 0.05) is 38.3 Å². The van der Waals surface area contributed by atoms with Crippen LogP contribution >= 0.6 is 0 Å². The first-order chi connectivity index (χ1) is 9.52. The molecule has 1 amide bonds. The van der Waals surface area contributed by atoms with Crippen LogP contribution in [-0.2, 0) is 0 Å². The Hall–Kier alpha value is -1.60. The van der Waals surface area contributed by atoms with Crippen molar-refractivity contribution in [2.75, 3.05) is 39.3 Å². The summed E-state index contributed by atoms with van der Waals surface area (Å²) in [6, 6.07) is 1.42. The summed E-state index contributed by atoms with van der Waals surface area (Å²) in [6.07, 6.45) is 0. The van der Waals surface area contributed by atoms with Crippen LogP contribution < -0.4 is 0 Å². The van der Waals surface area contributed by atoms with Crippen LogP contribution in [0.1, 0.15) is 10.4 Å². The van der Waals surface area contributed by atoms with Crippen LogP contribution in [0.4, 0.5) is 13.2 Å². The molecule has 0 spiro atoms. The number of β-amino-alcohol motifs (C(OH)–C–C–N with tert-alkyl or cyclic N) is 1. The fraction of sp³-hybridized carbons (Fsp3) is 0.462. The van der Waals surface area contributed by atoms with Crippen molar-refractivity contribution in [1.29, 1.82) is 0 Å². The summed E-state index contributed by atoms with van der Waals surface area (Å²) >= 11 is 0. The number of hydrogen-bond acceptors (Lipinski definition) is 3. The number of amides is 1. The molecule has 0 aromatic heterocycles. The number of halogens is 3. The molecule has 0 bridgehead atoms. The first-order valence-electron chi connectivity index (χ1n) is 6.30. The van der Waals surface area contributed by atoms with Crippen molar-refractivity contribution in [3.05, 3.63) is 35.1 Å². The second-order valence-electron chi connectivity index (χ2n) is 4.61. The Bertz CT molecular complexity index is 479. The molecule has 4 nitrogen and oxygen atoms in total. The monoisotopic (exact) mass is 288 g/mol. The van der Waals surface area contributed by atoms with E-state index >= 15 is 0 Å². The van der Waals surface area contributed by atoms with Gasteiger partial charge < -0.3 is 10.0 Å². The van der Waals surface area contributed by atoms with E-state index in [0.29, 0.717) is 44.9 Å². The molecule has 7 heteroatoms. The highest BCUT2D eigenvalue weighted by atomic mass is 19.2. The van der Waals surface area contributed by atoms with Gasteiger partial charge in [0.15, 0.2) is 17.5 Å². The molecule has 20 heavy (non-hydrogen) atoms. The third-order valence-electron chi connectivity index (χ3n) is 3.31. The summed E-state index contributed by atoms with van der Waals surface area (Å²) in [4.78, 5) is 15.5. The van der Waals surface area contributed by atoms with Crippen LogP contribution in [0.2, 0.25) is 0 Å². The lowest BCUT2D eigenvalue weighted by atomic mass is 10.1. The van der Waals surface area contributed by atoms with Gasteiger partial charge in [-0.2, -0.15) is 0 Å². The lowest BCUT2D eigenvalue weighted by Gasteiger charge is -2.34. The van der Waals surface area contributed by atoms with Crippen LogP contribution in [0, 0.1) is 17.5 Å². The minimum absolute atomic E-state index is 0.0440. The topological polar surface area (TPSA) is 43.8 Å². The number of benzene rings is 1. The van der Waals surface area contributed by atoms with Crippen LogP contribution in [0.3, 0.4) is 0 Å². The van der Waals surface area contributed by atoms with Crippen molar-refractivity contribution in [3.8, 4) is 0 Å². The summed E-state index contributed by atoms with van der Waals surface area (Å²) in [5.41, 5.74) is -0.197. The van der Waals surface area contributed by atoms with E-state index in [2.05, 4.69) is 0 Å². The SMILES string of the molecule is O=C(c1cc(F)c(F)c(F)c1)N1CCN(CCO)CC1. The fourth-order valence-electron chi connectivity index (χ4n) is 2.18. The predicted octanol–water partition coefficient (Wildman–Crippen LogP) is 0.854. The molecule has 0 unspecified atom stereocenters. The minimum atomic E-state index is -1.57. The van der Waals surface area contributed by atoms with Gasteiger partial charge in [0.2, 0.25) is 0 Å². The normalized spacial score (nSPS) is 16.5. The maximum atomic E-state index is 13.1. The highest BCUT2D eigenvalue weighted by molar-refractivity contribution is 5.94. The van der Waals surface area contributed by atoms with Crippen molar-refractivity contribution in [2.45, 2.75) is 0 Å². The Balaban J connectivity index is 2.06. The Labute approximate surface area is 114 Å². The molecule has 0 radical (unpaired) electrons. The molecule has 1 aliphatic heterocycles. The zero-order chi connectivity index (χ0) is 14.7. The van der Waals surface area contributed by atoms with E-state index in [0.717, 1.165) is 0 Å². The minimum Gasteiger partial charge on any atom is -0.395 e. The quantitative estimate of drug-likeness (QED) is 0.839. The van der Waals surface area contributed by atoms with Gasteiger partial charge in [0.1, 0.15) is 0 Å². The van der Waals surface area contributed by atoms with Crippen LogP contribution in [-0.4, -0.2) is 60.1 Å². The van der Waals surface area contributed by atoms with Crippen molar-refractivity contribution >= 4 is 5.91 Å². The summed E-state index contributed by atoms with van der Waals surface area (Å²) in [7, 11) is 0. The maximum absolute atomic E-state index is 13.1. The van der Waals surface area contributed by atoms with Crippen molar-refractivity contribution < 1.29 is 23.1 Å². The molecular formula is C13H15F3N2O2. The molecule has 1 aromatic carbocycles. The number of carbonyl (C=O) groups is 1. The Kier molecular flexibility index (Phi) is 4.61. The van der Waals surface area contributed by atoms with E-state index in [4.69, 9.17) is 5.11 Å². The second-order valence-corrected chi connectivity index (χ2v) is 4.61. The molecule has 1 heterocycles. The van der Waals surface area contributed by atoms with E-state index in [1.807, 2.05) is 4.90 Å². The predicted molar refractivity (Wildman–Crippen MR) is 65.7 cm³/mol. The van der Waals surface area contributed by atoms with Crippen LogP contribution in [0.5, 0.6) is 0 Å². The number of nitrogens with zero attached hydrogens (tertiary/aromatic N) is 2. The average molecular weight is 288 g/mol. The maximum Gasteiger partial charge on any atom is 0.254 e. The van der Waals surface area contributed by atoms with Gasteiger partial charge >= 0.3 is 0 Å². The van der Waals surface area contributed by atoms with E-state index in [1.54, 1.807) is 0 Å². The number of hydrogen-bond donors (Lipinski definition) is 1. The zero-order valence-corrected chi connectivity index (χ0v) is 10.8. The Morgan fingerprint density at radius 2 is 1.65 bits per heavy atom. The molecule has 0 atom stereocenters. The molecule has 2 rings (SSSR count). The van der Waals surface area contributed by atoms with Gasteiger partial charge in [-0.1, -0.05) is 0 Å². The van der Waals surface area contributed by atoms with Crippen molar-refractivity contribution in [1.82, 2.24) is 9.80 Å². The second kappa shape index (κ2) is 6.23. The van der Waals surface area contributed by atoms with Gasteiger partial charge in [-0.25, -0.2) is 13.2 Å². The molecule has 1 aliphatic rings. The van der Waals surface area contributed by atoms with Gasteiger partial charge in [0.05, 0.1) is 6.61 Å². The van der Waals surface area contributed by atoms with Crippen LogP contribution in [0.15, 0.2) is 12.1 Å². The Morgan fingerprint density at radius 3 is 2.15 bits per heavy atom. The highest BCUT2D eigenvalue weighted by Gasteiger charge is 2.23. The number of rotatable bonds is 3. The largest absolute Gasteiger partial charge is 0.395 e. The van der Waals surface area contributed by atoms with E-state index in [9.17, 15) is 18.0 Å². The van der Waals surface area contributed by atoms with Gasteiger partial charge in [-0.3, -0.25) is 9.69 Å². The third kappa shape index (κ3) is 3.10. The smallest absolute Gasteiger partial charge is 0.254 e. The third-order valence-corrected chi connectivity index (χ3v) is 3.31. The van der Waals surface area contributed by atoms with Crippen molar-refractivity contribution in [2.24, 2.45) is 0 Å². The lowest BCUT2D eigenvalue weighted by molar-refractivity contribution is 0.0614. The van der Waals surface area contributed by atoms with Gasteiger partial charge in [-0.05, 0) is 12.1 Å². The summed E-state index contributed by atoms with van der Waals surface area (Å²) in [5, 5.41) is 8.82. The number of piperazine rings is 1. The number of aliphatic hydroxyl groups excluding tert-OH is 1. The standard InChI is InChI=1S/C13H15F3N2O2/c14-10-7-9(8-11(15)12(10)16)13(20)18-3-1-17(2-4-18)5-6-19/h7-8,19H,1-6H2. The summed E-state index contributed by atoms with van der Waals surface area (Å²) in [6.45, 7) is 2.54. The molecule has 1 saturated heterocycles. The van der Waals surface area contributed by atoms with Crippen LogP contribution in [0.25, 0.3) is 0 Å². The first kappa shape index (κ1) is 14.8. The van der Waals surface area contributed by atoms with E-state index in [1.165, 1.54) is 4.90 Å². The zero-order valence-electron chi connectivity index (χ0n) is 10.8. The molecular weight excluding hydrogens is 273 g/mol. The Morgan fingerprint density at radius 1 is 1.10 bits per heavy atom. The molecule has 0 saturated carbocycles. The first-order valence-corrected chi connectivity index (χ1v) is 6.30. The van der Waals surface area contributed by atoms with Crippen molar-refractivity contribution in [3.63, 3.8) is 0 Å². The highest BCUT2D eigenvalue weighted by Crippen LogP contribution is 2.16. The molecule has 110 valence electrons.